The minimum Gasteiger partial charge on any atom is -0.312 e. The molecule has 2 rings (SSSR count). The molecule has 0 fully saturated rings. The van der Waals surface area contributed by atoms with E-state index in [2.05, 4.69) is 16.1 Å². The number of nitrogens with zero attached hydrogens (tertiary/aromatic N) is 4. The SMILES string of the molecule is CC(=O)N1CCc2cc(C=CCN=[N+]=[N-])ccc21. The highest BCUT2D eigenvalue weighted by Gasteiger charge is 2.21. The highest BCUT2D eigenvalue weighted by atomic mass is 16.2. The van der Waals surface area contributed by atoms with Gasteiger partial charge < -0.3 is 4.90 Å². The molecule has 1 aliphatic heterocycles. The molecule has 18 heavy (non-hydrogen) atoms. The van der Waals surface area contributed by atoms with Gasteiger partial charge in [0, 0.05) is 30.6 Å². The molecule has 1 heterocycles. The van der Waals surface area contributed by atoms with Crippen LogP contribution in [0.3, 0.4) is 0 Å². The van der Waals surface area contributed by atoms with E-state index < -0.39 is 0 Å². The Bertz CT molecular complexity index is 544. The van der Waals surface area contributed by atoms with Gasteiger partial charge in [-0.05, 0) is 35.2 Å². The van der Waals surface area contributed by atoms with E-state index in [1.807, 2.05) is 24.3 Å². The zero-order chi connectivity index (χ0) is 13.0. The van der Waals surface area contributed by atoms with Gasteiger partial charge >= 0.3 is 0 Å². The summed E-state index contributed by atoms with van der Waals surface area (Å²) in [4.78, 5) is 15.9. The molecule has 0 bridgehead atoms. The molecule has 0 unspecified atom stereocenters. The van der Waals surface area contributed by atoms with Crippen LogP contribution in [0.2, 0.25) is 0 Å². The van der Waals surface area contributed by atoms with Crippen molar-refractivity contribution in [3.05, 3.63) is 45.8 Å². The highest BCUT2D eigenvalue weighted by molar-refractivity contribution is 5.93. The van der Waals surface area contributed by atoms with E-state index in [4.69, 9.17) is 5.53 Å². The topological polar surface area (TPSA) is 69.1 Å². The Morgan fingerprint density at radius 3 is 3.17 bits per heavy atom. The Morgan fingerprint density at radius 2 is 2.44 bits per heavy atom. The monoisotopic (exact) mass is 242 g/mol. The molecule has 1 aliphatic rings. The molecule has 5 heteroatoms. The molecule has 92 valence electrons. The number of amides is 1. The second-order valence-corrected chi connectivity index (χ2v) is 4.12. The number of azide groups is 1. The minimum atomic E-state index is 0.0837. The molecule has 0 aliphatic carbocycles. The Hall–Kier alpha value is -2.26. The Kier molecular flexibility index (Phi) is 3.65. The number of anilines is 1. The largest absolute Gasteiger partial charge is 0.312 e. The summed E-state index contributed by atoms with van der Waals surface area (Å²) in [5.41, 5.74) is 11.4. The standard InChI is InChI=1S/C13H14N4O/c1-10(18)17-8-6-12-9-11(4-5-13(12)17)3-2-7-15-16-14/h2-5,9H,6-8H2,1H3. The van der Waals surface area contributed by atoms with Gasteiger partial charge in [0.2, 0.25) is 5.91 Å². The summed E-state index contributed by atoms with van der Waals surface area (Å²) in [5, 5.41) is 3.44. The second kappa shape index (κ2) is 5.38. The summed E-state index contributed by atoms with van der Waals surface area (Å²) < 4.78 is 0. The van der Waals surface area contributed by atoms with Crippen LogP contribution in [-0.2, 0) is 11.2 Å². The molecule has 0 saturated carbocycles. The Morgan fingerprint density at radius 1 is 1.61 bits per heavy atom. The van der Waals surface area contributed by atoms with Gasteiger partial charge in [-0.15, -0.1) is 0 Å². The summed E-state index contributed by atoms with van der Waals surface area (Å²) in [6.45, 7) is 2.70. The van der Waals surface area contributed by atoms with Crippen LogP contribution in [0.5, 0.6) is 0 Å². The van der Waals surface area contributed by atoms with E-state index >= 15 is 0 Å². The molecule has 0 spiro atoms. The molecule has 0 atom stereocenters. The van der Waals surface area contributed by atoms with Crippen LogP contribution < -0.4 is 4.90 Å². The van der Waals surface area contributed by atoms with Crippen molar-refractivity contribution in [2.24, 2.45) is 5.11 Å². The van der Waals surface area contributed by atoms with Gasteiger partial charge in [-0.25, -0.2) is 0 Å². The van der Waals surface area contributed by atoms with Gasteiger partial charge in [0.1, 0.15) is 0 Å². The third-order valence-electron chi connectivity index (χ3n) is 2.94. The van der Waals surface area contributed by atoms with E-state index in [0.717, 1.165) is 24.2 Å². The quantitative estimate of drug-likeness (QED) is 0.456. The summed E-state index contributed by atoms with van der Waals surface area (Å²) in [7, 11) is 0. The first-order valence-corrected chi connectivity index (χ1v) is 5.81. The molecule has 0 aromatic heterocycles. The molecule has 1 amide bonds. The second-order valence-electron chi connectivity index (χ2n) is 4.12. The molecular formula is C13H14N4O. The van der Waals surface area contributed by atoms with Crippen LogP contribution in [0.1, 0.15) is 18.1 Å². The number of rotatable bonds is 3. The Balaban J connectivity index is 2.17. The van der Waals surface area contributed by atoms with Crippen molar-refractivity contribution < 1.29 is 4.79 Å². The van der Waals surface area contributed by atoms with E-state index in [-0.39, 0.29) is 5.91 Å². The van der Waals surface area contributed by atoms with Gasteiger partial charge in [-0.2, -0.15) is 0 Å². The van der Waals surface area contributed by atoms with Gasteiger partial charge in [-0.1, -0.05) is 23.3 Å². The lowest BCUT2D eigenvalue weighted by Gasteiger charge is -2.14. The van der Waals surface area contributed by atoms with E-state index in [9.17, 15) is 4.79 Å². The predicted molar refractivity (Wildman–Crippen MR) is 71.2 cm³/mol. The maximum absolute atomic E-state index is 11.4. The van der Waals surface area contributed by atoms with Gasteiger partial charge in [0.15, 0.2) is 0 Å². The number of fused-ring (bicyclic) bond motifs is 1. The lowest BCUT2D eigenvalue weighted by atomic mass is 10.1. The zero-order valence-electron chi connectivity index (χ0n) is 10.2. The van der Waals surface area contributed by atoms with Crippen molar-refractivity contribution >= 4 is 17.7 Å². The van der Waals surface area contributed by atoms with E-state index in [1.165, 1.54) is 5.56 Å². The van der Waals surface area contributed by atoms with Crippen molar-refractivity contribution in [1.82, 2.24) is 0 Å². The van der Waals surface area contributed by atoms with Crippen molar-refractivity contribution in [3.63, 3.8) is 0 Å². The summed E-state index contributed by atoms with van der Waals surface area (Å²) in [5.74, 6) is 0.0837. The molecule has 0 saturated heterocycles. The van der Waals surface area contributed by atoms with E-state index in [1.54, 1.807) is 11.8 Å². The molecule has 1 aromatic rings. The van der Waals surface area contributed by atoms with Gasteiger partial charge in [0.05, 0.1) is 0 Å². The van der Waals surface area contributed by atoms with Crippen LogP contribution in [-0.4, -0.2) is 19.0 Å². The van der Waals surface area contributed by atoms with Gasteiger partial charge in [-0.3, -0.25) is 4.79 Å². The predicted octanol–water partition coefficient (Wildman–Crippen LogP) is 2.92. The van der Waals surface area contributed by atoms with Crippen LogP contribution in [0.4, 0.5) is 5.69 Å². The fourth-order valence-electron chi connectivity index (χ4n) is 2.12. The third kappa shape index (κ3) is 2.52. The summed E-state index contributed by atoms with van der Waals surface area (Å²) in [6.07, 6.45) is 4.64. The van der Waals surface area contributed by atoms with Crippen LogP contribution in [0, 0.1) is 0 Å². The molecule has 0 radical (unpaired) electrons. The first-order valence-electron chi connectivity index (χ1n) is 5.81. The van der Waals surface area contributed by atoms with Crippen molar-refractivity contribution in [3.8, 4) is 0 Å². The average molecular weight is 242 g/mol. The van der Waals surface area contributed by atoms with Crippen LogP contribution in [0.25, 0.3) is 16.5 Å². The lowest BCUT2D eigenvalue weighted by Crippen LogP contribution is -2.25. The number of benzene rings is 1. The molecular weight excluding hydrogens is 228 g/mol. The van der Waals surface area contributed by atoms with Crippen molar-refractivity contribution in [2.45, 2.75) is 13.3 Å². The molecule has 0 N–H and O–H groups in total. The van der Waals surface area contributed by atoms with Gasteiger partial charge in [0.25, 0.3) is 0 Å². The number of carbonyl (C=O) groups excluding carboxylic acids is 1. The first kappa shape index (κ1) is 12.2. The molecule has 1 aromatic carbocycles. The molecule has 5 nitrogen and oxygen atoms in total. The van der Waals surface area contributed by atoms with Crippen LogP contribution in [0.15, 0.2) is 29.4 Å². The first-order chi connectivity index (χ1) is 8.72. The Labute approximate surface area is 105 Å². The fourth-order valence-corrected chi connectivity index (χ4v) is 2.12. The summed E-state index contributed by atoms with van der Waals surface area (Å²) >= 11 is 0. The highest BCUT2D eigenvalue weighted by Crippen LogP contribution is 2.29. The van der Waals surface area contributed by atoms with E-state index in [0.29, 0.717) is 6.54 Å². The average Bonchev–Trinajstić information content (AvgIpc) is 2.77. The third-order valence-corrected chi connectivity index (χ3v) is 2.94. The van der Waals surface area contributed by atoms with Crippen LogP contribution >= 0.6 is 0 Å². The fraction of sp³-hybridized carbons (Fsp3) is 0.308. The smallest absolute Gasteiger partial charge is 0.223 e. The number of carbonyl (C=O) groups is 1. The van der Waals surface area contributed by atoms with Crippen molar-refractivity contribution in [2.75, 3.05) is 18.0 Å². The maximum atomic E-state index is 11.4. The lowest BCUT2D eigenvalue weighted by molar-refractivity contribution is -0.116. The van der Waals surface area contributed by atoms with Crippen molar-refractivity contribution in [1.29, 1.82) is 0 Å². The summed E-state index contributed by atoms with van der Waals surface area (Å²) in [6, 6.07) is 6.01. The normalized spacial score (nSPS) is 13.5. The minimum absolute atomic E-state index is 0.0837. The number of hydrogen-bond acceptors (Lipinski definition) is 2. The zero-order valence-corrected chi connectivity index (χ0v) is 10.2. The maximum Gasteiger partial charge on any atom is 0.223 e. The number of hydrogen-bond donors (Lipinski definition) is 0.